The fourth-order valence-electron chi connectivity index (χ4n) is 3.90. The van der Waals surface area contributed by atoms with Gasteiger partial charge in [-0.25, -0.2) is 8.42 Å². The lowest BCUT2D eigenvalue weighted by molar-refractivity contribution is -0.121. The van der Waals surface area contributed by atoms with Crippen molar-refractivity contribution in [2.24, 2.45) is 5.92 Å². The van der Waals surface area contributed by atoms with Crippen LogP contribution < -0.4 is 15.4 Å². The quantitative estimate of drug-likeness (QED) is 0.702. The second-order valence-electron chi connectivity index (χ2n) is 8.13. The van der Waals surface area contributed by atoms with Crippen LogP contribution in [0.2, 0.25) is 5.02 Å². The smallest absolute Gasteiger partial charge is 0.262 e. The molecule has 0 bridgehead atoms. The van der Waals surface area contributed by atoms with Gasteiger partial charge in [-0.15, -0.1) is 0 Å². The van der Waals surface area contributed by atoms with Crippen LogP contribution in [0.5, 0.6) is 5.75 Å². The van der Waals surface area contributed by atoms with E-state index in [1.54, 1.807) is 0 Å². The number of carbonyl (C=O) groups excluding carboxylic acids is 2. The molecule has 2 aliphatic rings. The molecule has 0 spiro atoms. The molecule has 1 unspecified atom stereocenters. The summed E-state index contributed by atoms with van der Waals surface area (Å²) in [6.45, 7) is 4.01. The number of amides is 2. The Labute approximate surface area is 191 Å². The van der Waals surface area contributed by atoms with Gasteiger partial charge < -0.3 is 15.4 Å². The Morgan fingerprint density at radius 1 is 1.25 bits per heavy atom. The molecule has 0 saturated carbocycles. The van der Waals surface area contributed by atoms with Crippen LogP contribution in [-0.2, 0) is 19.6 Å². The molecule has 2 aromatic rings. The third-order valence-electron chi connectivity index (χ3n) is 5.69. The van der Waals surface area contributed by atoms with Crippen molar-refractivity contribution in [3.8, 4) is 5.75 Å². The monoisotopic (exact) mass is 477 g/mol. The maximum absolute atomic E-state index is 13.4. The normalized spacial score (nSPS) is 19.0. The second-order valence-corrected chi connectivity index (χ2v) is 10.4. The molecule has 2 N–H and O–H groups in total. The molecule has 1 atom stereocenters. The Balaban J connectivity index is 1.54. The van der Waals surface area contributed by atoms with Crippen LogP contribution >= 0.6 is 11.6 Å². The van der Waals surface area contributed by atoms with Crippen LogP contribution in [0, 0.1) is 19.8 Å². The molecule has 10 heteroatoms. The molecule has 170 valence electrons. The fraction of sp³-hybridized carbons (Fsp3) is 0.364. The summed E-state index contributed by atoms with van der Waals surface area (Å²) in [5.41, 5.74) is 3.03. The van der Waals surface area contributed by atoms with E-state index < -0.39 is 15.9 Å². The summed E-state index contributed by atoms with van der Waals surface area (Å²) in [5.74, 6) is -0.779. The lowest BCUT2D eigenvalue weighted by Crippen LogP contribution is -2.43. The molecule has 2 aromatic carbocycles. The van der Waals surface area contributed by atoms with E-state index >= 15 is 0 Å². The lowest BCUT2D eigenvalue weighted by Gasteiger charge is -2.32. The first kappa shape index (κ1) is 22.6. The number of anilines is 2. The number of rotatable bonds is 4. The molecule has 0 aliphatic carbocycles. The summed E-state index contributed by atoms with van der Waals surface area (Å²) in [5, 5.41) is 5.53. The molecule has 32 heavy (non-hydrogen) atoms. The van der Waals surface area contributed by atoms with Gasteiger partial charge in [-0.2, -0.15) is 4.31 Å². The SMILES string of the molecule is Cc1ccc(C)c(NC(=O)C2CCCN(S(=O)(=O)c3cc4c(cc3Cl)NC(=O)CO4)C2)c1. The van der Waals surface area contributed by atoms with Crippen molar-refractivity contribution < 1.29 is 22.7 Å². The first-order valence-electron chi connectivity index (χ1n) is 10.3. The minimum atomic E-state index is -3.97. The molecule has 2 heterocycles. The average molecular weight is 478 g/mol. The fourth-order valence-corrected chi connectivity index (χ4v) is 5.94. The van der Waals surface area contributed by atoms with Crippen LogP contribution in [0.1, 0.15) is 24.0 Å². The molecule has 2 amide bonds. The average Bonchev–Trinajstić information content (AvgIpc) is 2.75. The second kappa shape index (κ2) is 8.73. The first-order chi connectivity index (χ1) is 15.1. The zero-order valence-corrected chi connectivity index (χ0v) is 19.3. The van der Waals surface area contributed by atoms with E-state index in [1.807, 2.05) is 32.0 Å². The number of halogens is 1. The lowest BCUT2D eigenvalue weighted by atomic mass is 9.98. The molecule has 4 rings (SSSR count). The van der Waals surface area contributed by atoms with E-state index in [-0.39, 0.29) is 40.6 Å². The Morgan fingerprint density at radius 2 is 2.03 bits per heavy atom. The summed E-state index contributed by atoms with van der Waals surface area (Å²) in [6, 6.07) is 8.50. The number of nitrogens with one attached hydrogen (secondary N) is 2. The van der Waals surface area contributed by atoms with E-state index in [9.17, 15) is 18.0 Å². The minimum absolute atomic E-state index is 0.0171. The summed E-state index contributed by atoms with van der Waals surface area (Å²) in [6.07, 6.45) is 1.15. The molecule has 0 aromatic heterocycles. The highest BCUT2D eigenvalue weighted by Gasteiger charge is 2.35. The maximum atomic E-state index is 13.4. The van der Waals surface area contributed by atoms with Gasteiger partial charge in [0.2, 0.25) is 15.9 Å². The Bertz CT molecular complexity index is 1200. The number of sulfonamides is 1. The van der Waals surface area contributed by atoms with Crippen molar-refractivity contribution in [3.05, 3.63) is 46.5 Å². The van der Waals surface area contributed by atoms with Crippen LogP contribution in [0.15, 0.2) is 35.2 Å². The zero-order valence-electron chi connectivity index (χ0n) is 17.8. The maximum Gasteiger partial charge on any atom is 0.262 e. The minimum Gasteiger partial charge on any atom is -0.482 e. The van der Waals surface area contributed by atoms with Gasteiger partial charge in [-0.3, -0.25) is 9.59 Å². The zero-order chi connectivity index (χ0) is 23.0. The van der Waals surface area contributed by atoms with Gasteiger partial charge in [0.1, 0.15) is 10.6 Å². The molecular formula is C22H24ClN3O5S. The van der Waals surface area contributed by atoms with Crippen LogP contribution in [0.25, 0.3) is 0 Å². The van der Waals surface area contributed by atoms with Crippen LogP contribution in [0.4, 0.5) is 11.4 Å². The highest BCUT2D eigenvalue weighted by atomic mass is 35.5. The van der Waals surface area contributed by atoms with Crippen molar-refractivity contribution in [2.75, 3.05) is 30.3 Å². The topological polar surface area (TPSA) is 105 Å². The number of carbonyl (C=O) groups is 2. The van der Waals surface area contributed by atoms with Crippen molar-refractivity contribution in [3.63, 3.8) is 0 Å². The third kappa shape index (κ3) is 4.46. The van der Waals surface area contributed by atoms with E-state index in [4.69, 9.17) is 16.3 Å². The first-order valence-corrected chi connectivity index (χ1v) is 12.1. The van der Waals surface area contributed by atoms with Gasteiger partial charge in [0.25, 0.3) is 5.91 Å². The molecular weight excluding hydrogens is 454 g/mol. The highest BCUT2D eigenvalue weighted by Crippen LogP contribution is 2.37. The number of benzene rings is 2. The molecule has 8 nitrogen and oxygen atoms in total. The number of hydrogen-bond donors (Lipinski definition) is 2. The Morgan fingerprint density at radius 3 is 2.81 bits per heavy atom. The predicted molar refractivity (Wildman–Crippen MR) is 122 cm³/mol. The Hall–Kier alpha value is -2.62. The predicted octanol–water partition coefficient (Wildman–Crippen LogP) is 3.33. The van der Waals surface area contributed by atoms with Crippen molar-refractivity contribution in [2.45, 2.75) is 31.6 Å². The van der Waals surface area contributed by atoms with E-state index in [2.05, 4.69) is 10.6 Å². The number of ether oxygens (including phenoxy) is 1. The van der Waals surface area contributed by atoms with Crippen molar-refractivity contribution in [1.82, 2.24) is 4.31 Å². The molecule has 1 fully saturated rings. The van der Waals surface area contributed by atoms with E-state index in [0.29, 0.717) is 25.1 Å². The van der Waals surface area contributed by atoms with E-state index in [1.165, 1.54) is 16.4 Å². The number of nitrogens with zero attached hydrogens (tertiary/aromatic N) is 1. The highest BCUT2D eigenvalue weighted by molar-refractivity contribution is 7.89. The third-order valence-corrected chi connectivity index (χ3v) is 8.02. The van der Waals surface area contributed by atoms with E-state index in [0.717, 1.165) is 16.8 Å². The number of aryl methyl sites for hydroxylation is 2. The van der Waals surface area contributed by atoms with Gasteiger partial charge in [-0.05, 0) is 49.9 Å². The van der Waals surface area contributed by atoms with Crippen molar-refractivity contribution in [1.29, 1.82) is 0 Å². The Kier molecular flexibility index (Phi) is 6.15. The van der Waals surface area contributed by atoms with Gasteiger partial charge in [0.05, 0.1) is 16.6 Å². The molecule has 0 radical (unpaired) electrons. The summed E-state index contributed by atoms with van der Waals surface area (Å²) in [4.78, 5) is 24.3. The number of fused-ring (bicyclic) bond motifs is 1. The summed E-state index contributed by atoms with van der Waals surface area (Å²) < 4.78 is 33.3. The van der Waals surface area contributed by atoms with Gasteiger partial charge in [0, 0.05) is 24.8 Å². The molecule has 2 aliphatic heterocycles. The molecule has 1 saturated heterocycles. The number of hydrogen-bond acceptors (Lipinski definition) is 5. The van der Waals surface area contributed by atoms with Gasteiger partial charge >= 0.3 is 0 Å². The summed E-state index contributed by atoms with van der Waals surface area (Å²) in [7, 11) is -3.97. The van der Waals surface area contributed by atoms with Crippen molar-refractivity contribution >= 4 is 44.8 Å². The van der Waals surface area contributed by atoms with Gasteiger partial charge in [-0.1, -0.05) is 23.7 Å². The van der Waals surface area contributed by atoms with Crippen LogP contribution in [0.3, 0.4) is 0 Å². The van der Waals surface area contributed by atoms with Gasteiger partial charge in [0.15, 0.2) is 6.61 Å². The van der Waals surface area contributed by atoms with Crippen LogP contribution in [-0.4, -0.2) is 44.2 Å². The summed E-state index contributed by atoms with van der Waals surface area (Å²) >= 11 is 6.26. The standard InChI is InChI=1S/C22H24ClN3O5S/c1-13-5-6-14(2)17(8-13)25-22(28)15-4-3-7-26(11-15)32(29,30)20-10-19-18(9-16(20)23)24-21(27)12-31-19/h5-6,8-10,15H,3-4,7,11-12H2,1-2H3,(H,24,27)(H,25,28). The largest absolute Gasteiger partial charge is 0.482 e. The number of piperidine rings is 1.